The molecule has 3 nitrogen and oxygen atoms in total. The van der Waals surface area contributed by atoms with E-state index in [0.29, 0.717) is 6.42 Å². The highest BCUT2D eigenvalue weighted by Gasteiger charge is 2.17. The highest BCUT2D eigenvalue weighted by molar-refractivity contribution is 5.85. The number of halogens is 1. The Labute approximate surface area is 127 Å². The number of hydrogen-bond donors (Lipinski definition) is 1. The smallest absolute Gasteiger partial charge is 0.227 e. The van der Waals surface area contributed by atoms with Gasteiger partial charge in [-0.1, -0.05) is 18.2 Å². The average molecular weight is 295 g/mol. The Hall–Kier alpha value is -1.06. The van der Waals surface area contributed by atoms with Crippen molar-refractivity contribution in [2.45, 2.75) is 32.1 Å². The van der Waals surface area contributed by atoms with Gasteiger partial charge < -0.3 is 10.2 Å². The molecule has 0 spiro atoms. The standard InChI is InChI=1S/C16H22N2O.ClH/c19-16(18-9-7-17-8-10-18)12-13-5-6-14-3-1-2-4-15(14)11-13;/h5-6,11,17H,1-4,7-10,12H2;1H. The van der Waals surface area contributed by atoms with Gasteiger partial charge in [0.15, 0.2) is 0 Å². The van der Waals surface area contributed by atoms with Crippen molar-refractivity contribution in [2.75, 3.05) is 26.2 Å². The number of aryl methyl sites for hydroxylation is 2. The van der Waals surface area contributed by atoms with Gasteiger partial charge in [-0.05, 0) is 42.4 Å². The van der Waals surface area contributed by atoms with Crippen LogP contribution < -0.4 is 5.32 Å². The van der Waals surface area contributed by atoms with Crippen LogP contribution in [0.4, 0.5) is 0 Å². The third kappa shape index (κ3) is 3.53. The first kappa shape index (κ1) is 15.3. The molecule has 0 aromatic heterocycles. The van der Waals surface area contributed by atoms with Crippen LogP contribution in [0.2, 0.25) is 0 Å². The lowest BCUT2D eigenvalue weighted by Gasteiger charge is -2.27. The number of nitrogens with zero attached hydrogens (tertiary/aromatic N) is 1. The summed E-state index contributed by atoms with van der Waals surface area (Å²) in [5, 5.41) is 3.28. The molecule has 4 heteroatoms. The summed E-state index contributed by atoms with van der Waals surface area (Å²) in [4.78, 5) is 14.2. The van der Waals surface area contributed by atoms with E-state index < -0.39 is 0 Å². The van der Waals surface area contributed by atoms with E-state index in [9.17, 15) is 4.79 Å². The number of amides is 1. The molecule has 1 heterocycles. The summed E-state index contributed by atoms with van der Waals surface area (Å²) in [6.45, 7) is 3.55. The molecule has 1 amide bonds. The van der Waals surface area contributed by atoms with Crippen molar-refractivity contribution in [1.82, 2.24) is 10.2 Å². The SMILES string of the molecule is Cl.O=C(Cc1ccc2c(c1)CCCC2)N1CCNCC1. The third-order valence-corrected chi connectivity index (χ3v) is 4.24. The molecule has 0 radical (unpaired) electrons. The van der Waals surface area contributed by atoms with E-state index in [0.717, 1.165) is 26.2 Å². The molecule has 0 atom stereocenters. The highest BCUT2D eigenvalue weighted by Crippen LogP contribution is 2.22. The van der Waals surface area contributed by atoms with Gasteiger partial charge in [0.05, 0.1) is 6.42 Å². The van der Waals surface area contributed by atoms with Crippen LogP contribution in [0.15, 0.2) is 18.2 Å². The summed E-state index contributed by atoms with van der Waals surface area (Å²) in [7, 11) is 0. The predicted molar refractivity (Wildman–Crippen MR) is 83.5 cm³/mol. The first-order valence-corrected chi connectivity index (χ1v) is 7.42. The van der Waals surface area contributed by atoms with Crippen LogP contribution in [0, 0.1) is 0 Å². The van der Waals surface area contributed by atoms with Gasteiger partial charge in [0.1, 0.15) is 0 Å². The van der Waals surface area contributed by atoms with E-state index in [4.69, 9.17) is 0 Å². The Morgan fingerprint density at radius 3 is 2.55 bits per heavy atom. The molecule has 1 fully saturated rings. The zero-order valence-electron chi connectivity index (χ0n) is 11.9. The second kappa shape index (κ2) is 7.09. The molecule has 1 aliphatic carbocycles. The van der Waals surface area contributed by atoms with E-state index in [1.54, 1.807) is 0 Å². The molecule has 0 saturated carbocycles. The van der Waals surface area contributed by atoms with Crippen LogP contribution >= 0.6 is 12.4 Å². The summed E-state index contributed by atoms with van der Waals surface area (Å²) >= 11 is 0. The maximum Gasteiger partial charge on any atom is 0.227 e. The minimum absolute atomic E-state index is 0. The van der Waals surface area contributed by atoms with Gasteiger partial charge in [-0.3, -0.25) is 4.79 Å². The molecule has 2 aliphatic rings. The van der Waals surface area contributed by atoms with Crippen molar-refractivity contribution in [2.24, 2.45) is 0 Å². The number of benzene rings is 1. The number of nitrogens with one attached hydrogen (secondary N) is 1. The molecule has 20 heavy (non-hydrogen) atoms. The zero-order valence-corrected chi connectivity index (χ0v) is 12.7. The van der Waals surface area contributed by atoms with Crippen LogP contribution in [-0.4, -0.2) is 37.0 Å². The van der Waals surface area contributed by atoms with Gasteiger partial charge >= 0.3 is 0 Å². The highest BCUT2D eigenvalue weighted by atomic mass is 35.5. The van der Waals surface area contributed by atoms with Crippen LogP contribution in [0.5, 0.6) is 0 Å². The molecule has 1 aliphatic heterocycles. The number of rotatable bonds is 2. The maximum atomic E-state index is 12.2. The van der Waals surface area contributed by atoms with E-state index in [2.05, 4.69) is 23.5 Å². The van der Waals surface area contributed by atoms with Crippen molar-refractivity contribution < 1.29 is 4.79 Å². The van der Waals surface area contributed by atoms with Crippen LogP contribution in [0.3, 0.4) is 0 Å². The van der Waals surface area contributed by atoms with Crippen molar-refractivity contribution in [3.05, 3.63) is 34.9 Å². The maximum absolute atomic E-state index is 12.2. The molecular weight excluding hydrogens is 272 g/mol. The van der Waals surface area contributed by atoms with E-state index >= 15 is 0 Å². The quantitative estimate of drug-likeness (QED) is 0.904. The predicted octanol–water partition coefficient (Wildman–Crippen LogP) is 1.96. The molecule has 1 aromatic rings. The van der Waals surface area contributed by atoms with Crippen LogP contribution in [0.25, 0.3) is 0 Å². The third-order valence-electron chi connectivity index (χ3n) is 4.24. The molecule has 1 aromatic carbocycles. The number of piperazine rings is 1. The van der Waals surface area contributed by atoms with Gasteiger partial charge in [0, 0.05) is 26.2 Å². The lowest BCUT2D eigenvalue weighted by molar-refractivity contribution is -0.131. The monoisotopic (exact) mass is 294 g/mol. The second-order valence-electron chi connectivity index (χ2n) is 5.62. The summed E-state index contributed by atoms with van der Waals surface area (Å²) < 4.78 is 0. The summed E-state index contributed by atoms with van der Waals surface area (Å²) in [5.41, 5.74) is 4.14. The van der Waals surface area contributed by atoms with Gasteiger partial charge in [-0.2, -0.15) is 0 Å². The second-order valence-corrected chi connectivity index (χ2v) is 5.62. The molecule has 3 rings (SSSR count). The summed E-state index contributed by atoms with van der Waals surface area (Å²) in [6, 6.07) is 6.63. The largest absolute Gasteiger partial charge is 0.340 e. The first-order valence-electron chi connectivity index (χ1n) is 7.42. The van der Waals surface area contributed by atoms with Crippen molar-refractivity contribution >= 4 is 18.3 Å². The number of carbonyl (C=O) groups excluding carboxylic acids is 1. The Kier molecular flexibility index (Phi) is 5.44. The summed E-state index contributed by atoms with van der Waals surface area (Å²) in [6.07, 6.45) is 5.56. The lowest BCUT2D eigenvalue weighted by atomic mass is 9.90. The zero-order chi connectivity index (χ0) is 13.1. The average Bonchev–Trinajstić information content (AvgIpc) is 2.48. The number of fused-ring (bicyclic) bond motifs is 1. The number of carbonyl (C=O) groups is 1. The fourth-order valence-electron chi connectivity index (χ4n) is 3.10. The van der Waals surface area contributed by atoms with Gasteiger partial charge in [-0.15, -0.1) is 12.4 Å². The Morgan fingerprint density at radius 2 is 1.80 bits per heavy atom. The fourth-order valence-corrected chi connectivity index (χ4v) is 3.10. The molecule has 1 N–H and O–H groups in total. The normalized spacial score (nSPS) is 18.1. The van der Waals surface area contributed by atoms with Crippen molar-refractivity contribution in [3.63, 3.8) is 0 Å². The molecule has 0 bridgehead atoms. The molecule has 1 saturated heterocycles. The van der Waals surface area contributed by atoms with Crippen molar-refractivity contribution in [1.29, 1.82) is 0 Å². The van der Waals surface area contributed by atoms with Gasteiger partial charge in [0.2, 0.25) is 5.91 Å². The Bertz CT molecular complexity index is 470. The van der Waals surface area contributed by atoms with E-state index in [1.165, 1.54) is 42.4 Å². The van der Waals surface area contributed by atoms with E-state index in [1.807, 2.05) is 4.90 Å². The van der Waals surface area contributed by atoms with Gasteiger partial charge in [-0.25, -0.2) is 0 Å². The first-order chi connectivity index (χ1) is 9.33. The van der Waals surface area contributed by atoms with Gasteiger partial charge in [0.25, 0.3) is 0 Å². The van der Waals surface area contributed by atoms with Crippen LogP contribution in [-0.2, 0) is 24.1 Å². The minimum atomic E-state index is 0. The Morgan fingerprint density at radius 1 is 1.10 bits per heavy atom. The summed E-state index contributed by atoms with van der Waals surface area (Å²) in [5.74, 6) is 0.275. The van der Waals surface area contributed by atoms with Crippen molar-refractivity contribution in [3.8, 4) is 0 Å². The number of hydrogen-bond acceptors (Lipinski definition) is 2. The lowest BCUT2D eigenvalue weighted by Crippen LogP contribution is -2.46. The Balaban J connectivity index is 0.00000147. The fraction of sp³-hybridized carbons (Fsp3) is 0.562. The molecule has 0 unspecified atom stereocenters. The van der Waals surface area contributed by atoms with Crippen LogP contribution in [0.1, 0.15) is 29.5 Å². The van der Waals surface area contributed by atoms with E-state index in [-0.39, 0.29) is 18.3 Å². The topological polar surface area (TPSA) is 32.3 Å². The molecular formula is C16H23ClN2O. The minimum Gasteiger partial charge on any atom is -0.340 e. The molecule has 110 valence electrons.